The van der Waals surface area contributed by atoms with Gasteiger partial charge in [0.25, 0.3) is 0 Å². The molecule has 3 rings (SSSR count). The van der Waals surface area contributed by atoms with Crippen molar-refractivity contribution in [3.63, 3.8) is 0 Å². The number of carbonyl (C=O) groups is 1. The Morgan fingerprint density at radius 1 is 1.19 bits per heavy atom. The molecule has 8 heteroatoms. The van der Waals surface area contributed by atoms with Gasteiger partial charge < -0.3 is 13.9 Å². The van der Waals surface area contributed by atoms with Gasteiger partial charge in [0.15, 0.2) is 6.39 Å². The minimum Gasteiger partial charge on any atom is -0.486 e. The molecule has 168 valence electrons. The topological polar surface area (TPSA) is 61.6 Å². The summed E-state index contributed by atoms with van der Waals surface area (Å²) < 4.78 is 55.1. The van der Waals surface area contributed by atoms with Gasteiger partial charge in [-0.05, 0) is 61.7 Å². The Morgan fingerprint density at radius 2 is 1.91 bits per heavy atom. The molecule has 0 N–H and O–H groups in total. The number of oxazole rings is 1. The second-order valence-corrected chi connectivity index (χ2v) is 7.12. The maximum atomic E-state index is 13.0. The average molecular weight is 445 g/mol. The van der Waals surface area contributed by atoms with E-state index in [2.05, 4.69) is 4.98 Å². The molecule has 0 atom stereocenters. The maximum absolute atomic E-state index is 13.0. The quantitative estimate of drug-likeness (QED) is 0.319. The fourth-order valence-corrected chi connectivity index (χ4v) is 3.14. The standard InChI is InChI=1S/C24H22F3NO4/c1-4-31-23(29)16(3)11-18-9-15(2)10-21(32-13-20-12-30-14-28-20)22(18)17-5-7-19(8-6-17)24(25,26)27/h5-12,14H,4,13H2,1-3H3. The minimum absolute atomic E-state index is 0.105. The fourth-order valence-electron chi connectivity index (χ4n) is 3.14. The number of nitrogens with zero attached hydrogens (tertiary/aromatic N) is 1. The summed E-state index contributed by atoms with van der Waals surface area (Å²) in [5.41, 5.74) is 2.69. The van der Waals surface area contributed by atoms with E-state index in [1.54, 1.807) is 26.0 Å². The predicted molar refractivity (Wildman–Crippen MR) is 113 cm³/mol. The third-order valence-corrected chi connectivity index (χ3v) is 4.61. The monoisotopic (exact) mass is 445 g/mol. The first kappa shape index (κ1) is 23.1. The molecule has 2 aromatic carbocycles. The summed E-state index contributed by atoms with van der Waals surface area (Å²) in [5, 5.41) is 0. The van der Waals surface area contributed by atoms with E-state index in [-0.39, 0.29) is 13.2 Å². The Bertz CT molecular complexity index is 1100. The molecule has 3 aromatic rings. The Hall–Kier alpha value is -3.55. The molecule has 0 aliphatic carbocycles. The molecule has 0 aliphatic rings. The van der Waals surface area contributed by atoms with Crippen molar-refractivity contribution in [2.75, 3.05) is 6.61 Å². The van der Waals surface area contributed by atoms with Crippen LogP contribution in [0.25, 0.3) is 17.2 Å². The van der Waals surface area contributed by atoms with Gasteiger partial charge in [-0.25, -0.2) is 9.78 Å². The van der Waals surface area contributed by atoms with Gasteiger partial charge in [0.1, 0.15) is 24.3 Å². The van der Waals surface area contributed by atoms with Crippen molar-refractivity contribution >= 4 is 12.0 Å². The second-order valence-electron chi connectivity index (χ2n) is 7.12. The summed E-state index contributed by atoms with van der Waals surface area (Å²) in [5.74, 6) is -0.0342. The van der Waals surface area contributed by atoms with Gasteiger partial charge in [0.2, 0.25) is 0 Å². The van der Waals surface area contributed by atoms with Crippen LogP contribution < -0.4 is 4.74 Å². The van der Waals surface area contributed by atoms with Gasteiger partial charge in [-0.1, -0.05) is 18.2 Å². The van der Waals surface area contributed by atoms with Crippen LogP contribution >= 0.6 is 0 Å². The van der Waals surface area contributed by atoms with Gasteiger partial charge in [0.05, 0.1) is 12.2 Å². The van der Waals surface area contributed by atoms with Crippen molar-refractivity contribution in [3.8, 4) is 16.9 Å². The van der Waals surface area contributed by atoms with Crippen LogP contribution in [-0.4, -0.2) is 17.6 Å². The first-order chi connectivity index (χ1) is 15.2. The van der Waals surface area contributed by atoms with Gasteiger partial charge >= 0.3 is 12.1 Å². The number of aryl methyl sites for hydroxylation is 1. The molecule has 0 spiro atoms. The Balaban J connectivity index is 2.11. The zero-order valence-corrected chi connectivity index (χ0v) is 17.8. The highest BCUT2D eigenvalue weighted by Gasteiger charge is 2.30. The Labute approximate surface area is 183 Å². The lowest BCUT2D eigenvalue weighted by Gasteiger charge is -2.17. The highest BCUT2D eigenvalue weighted by Crippen LogP contribution is 2.38. The largest absolute Gasteiger partial charge is 0.486 e. The third-order valence-electron chi connectivity index (χ3n) is 4.61. The summed E-state index contributed by atoms with van der Waals surface area (Å²) in [7, 11) is 0. The van der Waals surface area contributed by atoms with Crippen LogP contribution in [0, 0.1) is 6.92 Å². The highest BCUT2D eigenvalue weighted by molar-refractivity contribution is 5.95. The van der Waals surface area contributed by atoms with E-state index in [0.717, 1.165) is 17.7 Å². The van der Waals surface area contributed by atoms with E-state index in [9.17, 15) is 18.0 Å². The van der Waals surface area contributed by atoms with Crippen LogP contribution in [0.1, 0.15) is 36.2 Å². The number of aromatic nitrogens is 1. The molecular formula is C24H22F3NO4. The van der Waals surface area contributed by atoms with Crippen LogP contribution in [0.2, 0.25) is 0 Å². The Kier molecular flexibility index (Phi) is 7.02. The summed E-state index contributed by atoms with van der Waals surface area (Å²) in [6.45, 7) is 5.52. The molecule has 0 radical (unpaired) electrons. The maximum Gasteiger partial charge on any atom is 0.416 e. The highest BCUT2D eigenvalue weighted by atomic mass is 19.4. The van der Waals surface area contributed by atoms with Crippen molar-refractivity contribution in [1.29, 1.82) is 0 Å². The lowest BCUT2D eigenvalue weighted by molar-refractivity contribution is -0.138. The van der Waals surface area contributed by atoms with Crippen molar-refractivity contribution in [2.24, 2.45) is 0 Å². The lowest BCUT2D eigenvalue weighted by atomic mass is 9.94. The van der Waals surface area contributed by atoms with Crippen molar-refractivity contribution in [3.05, 3.63) is 77.0 Å². The molecule has 0 bridgehead atoms. The van der Waals surface area contributed by atoms with E-state index >= 15 is 0 Å². The van der Waals surface area contributed by atoms with Crippen LogP contribution in [0.5, 0.6) is 5.75 Å². The van der Waals surface area contributed by atoms with Crippen molar-refractivity contribution in [1.82, 2.24) is 4.98 Å². The van der Waals surface area contributed by atoms with E-state index in [0.29, 0.717) is 33.7 Å². The molecular weight excluding hydrogens is 423 g/mol. The molecule has 1 aromatic heterocycles. The first-order valence-corrected chi connectivity index (χ1v) is 9.86. The number of alkyl halides is 3. The molecule has 5 nitrogen and oxygen atoms in total. The third kappa shape index (κ3) is 5.57. The normalized spacial score (nSPS) is 12.0. The van der Waals surface area contributed by atoms with Crippen LogP contribution in [0.4, 0.5) is 13.2 Å². The fraction of sp³-hybridized carbons (Fsp3) is 0.250. The van der Waals surface area contributed by atoms with Gasteiger partial charge in [0, 0.05) is 11.1 Å². The van der Waals surface area contributed by atoms with Crippen LogP contribution in [-0.2, 0) is 22.3 Å². The molecule has 0 saturated carbocycles. The zero-order valence-electron chi connectivity index (χ0n) is 17.8. The number of hydrogen-bond donors (Lipinski definition) is 0. The first-order valence-electron chi connectivity index (χ1n) is 9.86. The van der Waals surface area contributed by atoms with Gasteiger partial charge in [-0.3, -0.25) is 0 Å². The average Bonchev–Trinajstić information content (AvgIpc) is 3.25. The SMILES string of the molecule is CCOC(=O)C(C)=Cc1cc(C)cc(OCc2cocn2)c1-c1ccc(C(F)(F)F)cc1. The zero-order chi connectivity index (χ0) is 23.3. The van der Waals surface area contributed by atoms with Crippen molar-refractivity contribution < 1.29 is 31.9 Å². The lowest BCUT2D eigenvalue weighted by Crippen LogP contribution is -2.06. The summed E-state index contributed by atoms with van der Waals surface area (Å²) in [6, 6.07) is 8.41. The van der Waals surface area contributed by atoms with E-state index < -0.39 is 17.7 Å². The molecule has 0 unspecified atom stereocenters. The second kappa shape index (κ2) is 9.72. The molecule has 1 heterocycles. The summed E-state index contributed by atoms with van der Waals surface area (Å²) in [4.78, 5) is 16.2. The number of esters is 1. The summed E-state index contributed by atoms with van der Waals surface area (Å²) in [6.07, 6.45) is -0.0792. The molecule has 0 fully saturated rings. The number of hydrogen-bond acceptors (Lipinski definition) is 5. The van der Waals surface area contributed by atoms with Gasteiger partial charge in [-0.15, -0.1) is 0 Å². The minimum atomic E-state index is -4.44. The predicted octanol–water partition coefficient (Wildman–Crippen LogP) is 6.21. The van der Waals surface area contributed by atoms with Crippen molar-refractivity contribution in [2.45, 2.75) is 33.6 Å². The molecule has 0 aliphatic heterocycles. The smallest absolute Gasteiger partial charge is 0.416 e. The molecule has 0 amide bonds. The van der Waals surface area contributed by atoms with E-state index in [1.807, 2.05) is 13.0 Å². The molecule has 32 heavy (non-hydrogen) atoms. The summed E-state index contributed by atoms with van der Waals surface area (Å²) >= 11 is 0. The van der Waals surface area contributed by atoms with Crippen LogP contribution in [0.3, 0.4) is 0 Å². The van der Waals surface area contributed by atoms with E-state index in [1.165, 1.54) is 24.8 Å². The van der Waals surface area contributed by atoms with Gasteiger partial charge in [-0.2, -0.15) is 13.2 Å². The number of carbonyl (C=O) groups excluding carboxylic acids is 1. The number of benzene rings is 2. The molecule has 0 saturated heterocycles. The number of rotatable bonds is 7. The van der Waals surface area contributed by atoms with Crippen LogP contribution in [0.15, 0.2) is 59.0 Å². The van der Waals surface area contributed by atoms with E-state index in [4.69, 9.17) is 13.9 Å². The Morgan fingerprint density at radius 3 is 2.50 bits per heavy atom. The number of halogens is 3. The number of ether oxygens (including phenoxy) is 2.